The second-order valence-corrected chi connectivity index (χ2v) is 7.98. The zero-order valence-electron chi connectivity index (χ0n) is 18.3. The molecule has 4 nitrogen and oxygen atoms in total. The molecule has 1 aliphatic heterocycles. The summed E-state index contributed by atoms with van der Waals surface area (Å²) in [6.07, 6.45) is 19.3. The SMILES string of the molecule is CCCCCCCCCCC/C=C/CC1=NCC[N+]1(CC)CCNC(C)=O. The molecule has 1 amide bonds. The van der Waals surface area contributed by atoms with E-state index in [1.54, 1.807) is 6.92 Å². The van der Waals surface area contributed by atoms with Crippen LogP contribution in [0.25, 0.3) is 0 Å². The Kier molecular flexibility index (Phi) is 13.1. The number of quaternary nitrogens is 1. The predicted octanol–water partition coefficient (Wildman–Crippen LogP) is 5.24. The summed E-state index contributed by atoms with van der Waals surface area (Å²) in [6, 6.07) is 0. The molecule has 0 spiro atoms. The maximum absolute atomic E-state index is 11.1. The number of nitrogens with zero attached hydrogens (tertiary/aromatic N) is 2. The summed E-state index contributed by atoms with van der Waals surface area (Å²) >= 11 is 0. The van der Waals surface area contributed by atoms with E-state index in [1.165, 1.54) is 70.0 Å². The highest BCUT2D eigenvalue weighted by atomic mass is 16.1. The molecule has 27 heavy (non-hydrogen) atoms. The number of hydrogen-bond donors (Lipinski definition) is 1. The zero-order chi connectivity index (χ0) is 19.8. The van der Waals surface area contributed by atoms with Gasteiger partial charge in [-0.1, -0.05) is 70.4 Å². The molecule has 1 N–H and O–H groups in total. The molecule has 0 aromatic carbocycles. The number of carbonyl (C=O) groups is 1. The molecule has 1 heterocycles. The van der Waals surface area contributed by atoms with Gasteiger partial charge in [0, 0.05) is 6.92 Å². The molecule has 0 saturated heterocycles. The summed E-state index contributed by atoms with van der Waals surface area (Å²) in [5.74, 6) is 1.36. The van der Waals surface area contributed by atoms with Crippen LogP contribution < -0.4 is 5.32 Å². The van der Waals surface area contributed by atoms with Crippen LogP contribution in [-0.4, -0.2) is 48.9 Å². The van der Waals surface area contributed by atoms with Crippen LogP contribution in [0, 0.1) is 0 Å². The van der Waals surface area contributed by atoms with Crippen LogP contribution in [0.2, 0.25) is 0 Å². The lowest BCUT2D eigenvalue weighted by molar-refractivity contribution is -0.832. The Hall–Kier alpha value is -1.16. The molecule has 156 valence electrons. The first-order chi connectivity index (χ1) is 13.1. The normalized spacial score (nSPS) is 19.6. The van der Waals surface area contributed by atoms with Crippen molar-refractivity contribution in [1.82, 2.24) is 5.32 Å². The first-order valence-electron chi connectivity index (χ1n) is 11.4. The van der Waals surface area contributed by atoms with Gasteiger partial charge in [0.1, 0.15) is 13.1 Å². The molecule has 1 aliphatic rings. The van der Waals surface area contributed by atoms with Gasteiger partial charge in [-0.25, -0.2) is 4.99 Å². The molecule has 1 atom stereocenters. The molecule has 0 radical (unpaired) electrons. The van der Waals surface area contributed by atoms with Gasteiger partial charge in [0.2, 0.25) is 11.7 Å². The number of aliphatic imine (C=N–C) groups is 1. The maximum Gasteiger partial charge on any atom is 0.217 e. The van der Waals surface area contributed by atoms with Gasteiger partial charge in [0.15, 0.2) is 0 Å². The lowest BCUT2D eigenvalue weighted by atomic mass is 10.1. The first-order valence-corrected chi connectivity index (χ1v) is 11.4. The van der Waals surface area contributed by atoms with Gasteiger partial charge < -0.3 is 5.32 Å². The number of amidine groups is 1. The second kappa shape index (κ2) is 14.8. The van der Waals surface area contributed by atoms with Gasteiger partial charge in [-0.05, 0) is 19.8 Å². The average molecular weight is 379 g/mol. The van der Waals surface area contributed by atoms with E-state index in [0.29, 0.717) is 0 Å². The average Bonchev–Trinajstić information content (AvgIpc) is 3.05. The minimum atomic E-state index is 0.0581. The van der Waals surface area contributed by atoms with E-state index < -0.39 is 0 Å². The van der Waals surface area contributed by atoms with E-state index in [2.05, 4.69) is 31.3 Å². The van der Waals surface area contributed by atoms with Crippen molar-refractivity contribution in [3.8, 4) is 0 Å². The Morgan fingerprint density at radius 3 is 2.33 bits per heavy atom. The fourth-order valence-electron chi connectivity index (χ4n) is 3.97. The van der Waals surface area contributed by atoms with Crippen molar-refractivity contribution in [2.75, 3.05) is 32.7 Å². The van der Waals surface area contributed by atoms with E-state index in [0.717, 1.165) is 43.6 Å². The fraction of sp³-hybridized carbons (Fsp3) is 0.826. The number of allylic oxidation sites excluding steroid dienone is 1. The summed E-state index contributed by atoms with van der Waals surface area (Å²) in [5.41, 5.74) is 0. The molecule has 4 heteroatoms. The number of nitrogens with one attached hydrogen (secondary N) is 1. The van der Waals surface area contributed by atoms with E-state index in [1.807, 2.05) is 0 Å². The van der Waals surface area contributed by atoms with E-state index in [-0.39, 0.29) is 5.91 Å². The standard InChI is InChI=1S/C23H43N3O/c1-4-6-7-8-9-10-11-12-13-14-15-16-17-23-25-19-21-26(23,5-2)20-18-24-22(3)27/h15-16H,4-14,17-21H2,1-3H3/p+1/b16-15+. The van der Waals surface area contributed by atoms with E-state index in [4.69, 9.17) is 4.99 Å². The molecule has 0 aromatic rings. The highest BCUT2D eigenvalue weighted by Gasteiger charge is 2.35. The Balaban J connectivity index is 2.15. The Labute approximate surface area is 168 Å². The minimum Gasteiger partial charge on any atom is -0.351 e. The van der Waals surface area contributed by atoms with Gasteiger partial charge in [0.25, 0.3) is 0 Å². The smallest absolute Gasteiger partial charge is 0.217 e. The highest BCUT2D eigenvalue weighted by Crippen LogP contribution is 2.18. The van der Waals surface area contributed by atoms with Crippen molar-refractivity contribution in [2.24, 2.45) is 4.99 Å². The molecule has 0 fully saturated rings. The predicted molar refractivity (Wildman–Crippen MR) is 117 cm³/mol. The lowest BCUT2D eigenvalue weighted by Crippen LogP contribution is -2.53. The van der Waals surface area contributed by atoms with Crippen molar-refractivity contribution in [3.63, 3.8) is 0 Å². The topological polar surface area (TPSA) is 41.5 Å². The van der Waals surface area contributed by atoms with Crippen LogP contribution in [0.3, 0.4) is 0 Å². The van der Waals surface area contributed by atoms with Gasteiger partial charge in [0.05, 0.1) is 26.1 Å². The summed E-state index contributed by atoms with van der Waals surface area (Å²) in [6.45, 7) is 10.9. The summed E-state index contributed by atoms with van der Waals surface area (Å²) in [5, 5.41) is 2.94. The van der Waals surface area contributed by atoms with Crippen molar-refractivity contribution < 1.29 is 9.28 Å². The largest absolute Gasteiger partial charge is 0.351 e. The van der Waals surface area contributed by atoms with Crippen LogP contribution in [0.1, 0.15) is 91.4 Å². The highest BCUT2D eigenvalue weighted by molar-refractivity contribution is 5.78. The number of likely N-dealkylation sites (N-methyl/N-ethyl adjacent to an activating group) is 1. The number of unbranched alkanes of at least 4 members (excludes halogenated alkanes) is 9. The molecule has 0 aromatic heterocycles. The molecule has 0 bridgehead atoms. The number of rotatable bonds is 16. The van der Waals surface area contributed by atoms with Crippen molar-refractivity contribution >= 4 is 11.7 Å². The van der Waals surface area contributed by atoms with Crippen molar-refractivity contribution in [2.45, 2.75) is 91.4 Å². The van der Waals surface area contributed by atoms with Crippen LogP contribution >= 0.6 is 0 Å². The fourth-order valence-corrected chi connectivity index (χ4v) is 3.97. The van der Waals surface area contributed by atoms with Crippen LogP contribution in [-0.2, 0) is 4.79 Å². The second-order valence-electron chi connectivity index (χ2n) is 7.98. The lowest BCUT2D eigenvalue weighted by Gasteiger charge is -2.33. The summed E-state index contributed by atoms with van der Waals surface area (Å²) in [7, 11) is 0. The van der Waals surface area contributed by atoms with Crippen molar-refractivity contribution in [1.29, 1.82) is 0 Å². The van der Waals surface area contributed by atoms with Gasteiger partial charge in [-0.15, -0.1) is 0 Å². The third kappa shape index (κ3) is 10.1. The Bertz CT molecular complexity index is 459. The Morgan fingerprint density at radius 1 is 1.04 bits per heavy atom. The minimum absolute atomic E-state index is 0.0581. The van der Waals surface area contributed by atoms with Gasteiger partial charge >= 0.3 is 0 Å². The van der Waals surface area contributed by atoms with Crippen LogP contribution in [0.5, 0.6) is 0 Å². The maximum atomic E-state index is 11.1. The molecule has 0 saturated carbocycles. The summed E-state index contributed by atoms with van der Waals surface area (Å²) in [4.78, 5) is 15.9. The zero-order valence-corrected chi connectivity index (χ0v) is 18.3. The van der Waals surface area contributed by atoms with E-state index in [9.17, 15) is 4.79 Å². The van der Waals surface area contributed by atoms with Gasteiger partial charge in [-0.3, -0.25) is 9.28 Å². The summed E-state index contributed by atoms with van der Waals surface area (Å²) < 4.78 is 0.947. The third-order valence-corrected chi connectivity index (χ3v) is 5.83. The number of amides is 1. The molecular formula is C23H44N3O+. The molecule has 1 unspecified atom stereocenters. The van der Waals surface area contributed by atoms with Gasteiger partial charge in [-0.2, -0.15) is 0 Å². The van der Waals surface area contributed by atoms with Crippen molar-refractivity contribution in [3.05, 3.63) is 12.2 Å². The number of hydrogen-bond acceptors (Lipinski definition) is 2. The quantitative estimate of drug-likeness (QED) is 0.223. The molecule has 0 aliphatic carbocycles. The first kappa shape index (κ1) is 23.9. The molecule has 1 rings (SSSR count). The third-order valence-electron chi connectivity index (χ3n) is 5.83. The monoisotopic (exact) mass is 378 g/mol. The molecular weight excluding hydrogens is 334 g/mol. The number of carbonyl (C=O) groups excluding carboxylic acids is 1. The van der Waals surface area contributed by atoms with Crippen LogP contribution in [0.4, 0.5) is 0 Å². The van der Waals surface area contributed by atoms with Crippen LogP contribution in [0.15, 0.2) is 17.1 Å². The van der Waals surface area contributed by atoms with E-state index >= 15 is 0 Å². The Morgan fingerprint density at radius 2 is 1.70 bits per heavy atom.